The zero-order valence-electron chi connectivity index (χ0n) is 7.69. The first kappa shape index (κ1) is 13.1. The van der Waals surface area contributed by atoms with Crippen molar-refractivity contribution >= 4 is 37.1 Å². The van der Waals surface area contributed by atoms with Gasteiger partial charge in [0.05, 0.1) is 0 Å². The summed E-state index contributed by atoms with van der Waals surface area (Å²) in [5.41, 5.74) is 0.377. The van der Waals surface area contributed by atoms with Gasteiger partial charge in [-0.2, -0.15) is 0 Å². The molecule has 8 heteroatoms. The Morgan fingerprint density at radius 3 is 2.67 bits per heavy atom. The minimum Gasteiger partial charge on any atom is -0.743 e. The molecule has 0 amide bonds. The largest absolute Gasteiger partial charge is 1.00 e. The summed E-state index contributed by atoms with van der Waals surface area (Å²) in [5.74, 6) is 0. The Labute approximate surface area is 116 Å². The molecule has 0 fully saturated rings. The fourth-order valence-electron chi connectivity index (χ4n) is 1.10. The van der Waals surface area contributed by atoms with Gasteiger partial charge in [-0.15, -0.1) is 0 Å². The van der Waals surface area contributed by atoms with Crippen LogP contribution < -0.4 is 29.6 Å². The van der Waals surface area contributed by atoms with Crippen molar-refractivity contribution in [3.63, 3.8) is 0 Å². The number of hydrogen-bond acceptors (Lipinski definition) is 4. The number of rotatable bonds is 1. The number of nitrogens with one attached hydrogen (secondary N) is 1. The number of fused-ring (bicyclic) bond motifs is 1. The van der Waals surface area contributed by atoms with Gasteiger partial charge in [0.2, 0.25) is 0 Å². The maximum atomic E-state index is 10.7. The first-order chi connectivity index (χ1) is 6.47. The number of nitrogens with zero attached hydrogens (tertiary/aromatic N) is 1. The first-order valence-electron chi connectivity index (χ1n) is 3.57. The quantitative estimate of drug-likeness (QED) is 0.499. The van der Waals surface area contributed by atoms with Crippen molar-refractivity contribution < 1.29 is 42.5 Å². The van der Waals surface area contributed by atoms with Crippen LogP contribution in [0.15, 0.2) is 27.8 Å². The minimum absolute atomic E-state index is 0. The number of halogens is 1. The van der Waals surface area contributed by atoms with Gasteiger partial charge in [-0.25, -0.2) is 13.4 Å². The van der Waals surface area contributed by atoms with Gasteiger partial charge in [0, 0.05) is 16.1 Å². The van der Waals surface area contributed by atoms with E-state index in [9.17, 15) is 13.0 Å². The van der Waals surface area contributed by atoms with Crippen LogP contribution in [0.5, 0.6) is 0 Å². The summed E-state index contributed by atoms with van der Waals surface area (Å²) in [6, 6.07) is 2.93. The van der Waals surface area contributed by atoms with Gasteiger partial charge in [0.25, 0.3) is 0 Å². The Hall–Kier alpha value is 0.0800. The van der Waals surface area contributed by atoms with Gasteiger partial charge in [0.1, 0.15) is 20.8 Å². The molecule has 0 spiro atoms. The zero-order valence-corrected chi connectivity index (χ0v) is 12.1. The predicted octanol–water partition coefficient (Wildman–Crippen LogP) is -1.77. The molecule has 2 aromatic rings. The average Bonchev–Trinajstić information content (AvgIpc) is 2.45. The topological polar surface area (TPSA) is 85.9 Å². The van der Waals surface area contributed by atoms with Crippen LogP contribution in [0.1, 0.15) is 0 Å². The molecule has 0 saturated heterocycles. The fraction of sp³-hybridized carbons (Fsp3) is 0. The molecule has 0 unspecified atom stereocenters. The zero-order chi connectivity index (χ0) is 10.3. The minimum atomic E-state index is -4.44. The Balaban J connectivity index is 0.00000112. The molecule has 0 saturated carbocycles. The van der Waals surface area contributed by atoms with Crippen LogP contribution in [-0.4, -0.2) is 22.9 Å². The third kappa shape index (κ3) is 2.80. The van der Waals surface area contributed by atoms with Crippen molar-refractivity contribution in [3.05, 3.63) is 22.8 Å². The molecule has 2 aromatic heterocycles. The van der Waals surface area contributed by atoms with Gasteiger partial charge < -0.3 is 9.54 Å². The van der Waals surface area contributed by atoms with Crippen LogP contribution in [0, 0.1) is 0 Å². The summed E-state index contributed by atoms with van der Waals surface area (Å²) in [4.78, 5) is 6.34. The van der Waals surface area contributed by atoms with Gasteiger partial charge in [-0.1, -0.05) is 0 Å². The van der Waals surface area contributed by atoms with Crippen LogP contribution in [0.4, 0.5) is 0 Å². The molecule has 0 bridgehead atoms. The molecule has 0 atom stereocenters. The maximum Gasteiger partial charge on any atom is 1.00 e. The van der Waals surface area contributed by atoms with Gasteiger partial charge in [0.15, 0.2) is 0 Å². The van der Waals surface area contributed by atoms with Crippen LogP contribution in [0.3, 0.4) is 0 Å². The molecule has 2 heterocycles. The molecular weight excluding hydrogens is 295 g/mol. The second-order valence-corrected chi connectivity index (χ2v) is 4.94. The van der Waals surface area contributed by atoms with E-state index in [-0.39, 0.29) is 34.6 Å². The second kappa shape index (κ2) is 4.52. The van der Waals surface area contributed by atoms with Crippen molar-refractivity contribution in [3.8, 4) is 0 Å². The SMILES string of the molecule is O=S(=O)([O-])c1cc2cc(Br)cnc2[nH]1.[Na+]. The molecular formula is C7H4BrN2NaO3S. The van der Waals surface area contributed by atoms with Crippen molar-refractivity contribution in [2.24, 2.45) is 0 Å². The molecule has 0 aromatic carbocycles. The Bertz CT molecular complexity index is 595. The fourth-order valence-corrected chi connectivity index (χ4v) is 1.94. The van der Waals surface area contributed by atoms with E-state index in [0.717, 1.165) is 4.47 Å². The monoisotopic (exact) mass is 298 g/mol. The van der Waals surface area contributed by atoms with E-state index < -0.39 is 10.1 Å². The van der Waals surface area contributed by atoms with Crippen molar-refractivity contribution in [2.45, 2.75) is 5.03 Å². The van der Waals surface area contributed by atoms with E-state index in [1.807, 2.05) is 0 Å². The number of pyridine rings is 1. The second-order valence-electron chi connectivity index (χ2n) is 2.68. The van der Waals surface area contributed by atoms with Gasteiger partial charge in [-0.3, -0.25) is 0 Å². The summed E-state index contributed by atoms with van der Waals surface area (Å²) < 4.78 is 32.7. The molecule has 0 aliphatic carbocycles. The summed E-state index contributed by atoms with van der Waals surface area (Å²) in [5, 5.41) is 0.215. The molecule has 15 heavy (non-hydrogen) atoms. The summed E-state index contributed by atoms with van der Waals surface area (Å²) in [6.07, 6.45) is 1.51. The Morgan fingerprint density at radius 1 is 1.40 bits per heavy atom. The Morgan fingerprint density at radius 2 is 2.07 bits per heavy atom. The third-order valence-corrected chi connectivity index (χ3v) is 2.87. The van der Waals surface area contributed by atoms with Crippen LogP contribution >= 0.6 is 15.9 Å². The summed E-state index contributed by atoms with van der Waals surface area (Å²) in [6.45, 7) is 0. The molecule has 0 radical (unpaired) electrons. The Kier molecular flexibility index (Phi) is 3.96. The standard InChI is InChI=1S/C7H5BrN2O3S.Na/c8-5-1-4-2-6(14(11,12)13)10-7(4)9-3-5;/h1-3H,(H,9,10)(H,11,12,13);/q;+1/p-1. The number of H-pyrrole nitrogens is 1. The van der Waals surface area contributed by atoms with Crippen molar-refractivity contribution in [1.82, 2.24) is 9.97 Å². The molecule has 5 nitrogen and oxygen atoms in total. The van der Waals surface area contributed by atoms with E-state index >= 15 is 0 Å². The van der Waals surface area contributed by atoms with Crippen LogP contribution in [0.25, 0.3) is 11.0 Å². The van der Waals surface area contributed by atoms with E-state index in [1.165, 1.54) is 12.3 Å². The smallest absolute Gasteiger partial charge is 0.743 e. The van der Waals surface area contributed by atoms with Crippen LogP contribution in [0.2, 0.25) is 0 Å². The number of aromatic nitrogens is 2. The van der Waals surface area contributed by atoms with Crippen molar-refractivity contribution in [1.29, 1.82) is 0 Å². The van der Waals surface area contributed by atoms with Crippen molar-refractivity contribution in [2.75, 3.05) is 0 Å². The first-order valence-corrected chi connectivity index (χ1v) is 5.77. The molecule has 0 aliphatic rings. The normalized spacial score (nSPS) is 11.3. The predicted molar refractivity (Wildman–Crippen MR) is 51.8 cm³/mol. The van der Waals surface area contributed by atoms with E-state index in [4.69, 9.17) is 0 Å². The summed E-state index contributed by atoms with van der Waals surface area (Å²) in [7, 11) is -4.44. The molecule has 0 aliphatic heterocycles. The average molecular weight is 299 g/mol. The maximum absolute atomic E-state index is 10.7. The van der Waals surface area contributed by atoms with E-state index in [2.05, 4.69) is 25.9 Å². The van der Waals surface area contributed by atoms with Gasteiger partial charge >= 0.3 is 29.6 Å². The van der Waals surface area contributed by atoms with Gasteiger partial charge in [-0.05, 0) is 28.1 Å². The molecule has 2 rings (SSSR count). The van der Waals surface area contributed by atoms with E-state index in [0.29, 0.717) is 11.0 Å². The molecule has 1 N–H and O–H groups in total. The summed E-state index contributed by atoms with van der Waals surface area (Å²) >= 11 is 3.19. The number of hydrogen-bond donors (Lipinski definition) is 1. The van der Waals surface area contributed by atoms with E-state index in [1.54, 1.807) is 6.07 Å². The number of aromatic amines is 1. The van der Waals surface area contributed by atoms with Crippen LogP contribution in [-0.2, 0) is 10.1 Å². The third-order valence-electron chi connectivity index (χ3n) is 1.68. The molecule has 74 valence electrons.